The molecular formula is C86H112Y6-6. The van der Waals surface area contributed by atoms with Gasteiger partial charge in [0.05, 0.1) is 0 Å². The van der Waals surface area contributed by atoms with Gasteiger partial charge in [0, 0.05) is 196 Å². The molecule has 0 heterocycles. The van der Waals surface area contributed by atoms with Crippen LogP contribution in [0.4, 0.5) is 0 Å². The van der Waals surface area contributed by atoms with Crippen molar-refractivity contribution in [1.29, 1.82) is 0 Å². The first-order valence-electron chi connectivity index (χ1n) is 32.0. The molecule has 0 aliphatic rings. The summed E-state index contributed by atoms with van der Waals surface area (Å²) in [6.45, 7) is 48.5. The molecule has 0 unspecified atom stereocenters. The van der Waals surface area contributed by atoms with Gasteiger partial charge in [0.2, 0.25) is 0 Å². The summed E-state index contributed by atoms with van der Waals surface area (Å²) in [5.41, 5.74) is 14.3. The van der Waals surface area contributed by atoms with Crippen molar-refractivity contribution in [2.75, 3.05) is 0 Å². The van der Waals surface area contributed by atoms with E-state index in [9.17, 15) is 0 Å². The third-order valence-electron chi connectivity index (χ3n) is 10.7. The molecule has 0 aliphatic carbocycles. The summed E-state index contributed by atoms with van der Waals surface area (Å²) in [6, 6.07) is 102. The second-order valence-corrected chi connectivity index (χ2v) is 16.4. The van der Waals surface area contributed by atoms with Crippen molar-refractivity contribution in [3.8, 4) is 33.4 Å². The van der Waals surface area contributed by atoms with Crippen LogP contribution in [-0.4, -0.2) is 0 Å². The summed E-state index contributed by atoms with van der Waals surface area (Å²) < 4.78 is 0. The number of hydrogen-bond acceptors (Lipinski definition) is 0. The summed E-state index contributed by atoms with van der Waals surface area (Å²) in [5.74, 6) is 0. The molecule has 0 N–H and O–H groups in total. The van der Waals surface area contributed by atoms with Gasteiger partial charge >= 0.3 is 0 Å². The van der Waals surface area contributed by atoms with E-state index < -0.39 is 0 Å². The van der Waals surface area contributed by atoms with Crippen molar-refractivity contribution < 1.29 is 196 Å². The number of aryl methyl sites for hydroxylation is 6. The van der Waals surface area contributed by atoms with Crippen LogP contribution in [0.3, 0.4) is 0 Å². The molecule has 0 bridgehead atoms. The fourth-order valence-electron chi connectivity index (χ4n) is 7.06. The third kappa shape index (κ3) is 52.7. The van der Waals surface area contributed by atoms with Gasteiger partial charge in [0.15, 0.2) is 0 Å². The summed E-state index contributed by atoms with van der Waals surface area (Å²) in [5, 5.41) is 5.33. The van der Waals surface area contributed by atoms with Gasteiger partial charge in [0.25, 0.3) is 0 Å². The molecule has 0 saturated heterocycles. The van der Waals surface area contributed by atoms with E-state index in [1.807, 2.05) is 253 Å². The first-order chi connectivity index (χ1) is 42.2. The van der Waals surface area contributed by atoms with Gasteiger partial charge in [-0.25, -0.2) is 33.4 Å². The zero-order valence-corrected chi connectivity index (χ0v) is 78.6. The van der Waals surface area contributed by atoms with Crippen LogP contribution in [0.2, 0.25) is 0 Å². The van der Waals surface area contributed by atoms with Crippen LogP contribution in [0.15, 0.2) is 243 Å². The number of hydrogen-bond donors (Lipinski definition) is 0. The Morgan fingerprint density at radius 2 is 0.587 bits per heavy atom. The smallest absolute Gasteiger partial charge is 0 e. The normalized spacial score (nSPS) is 7.91. The summed E-state index contributed by atoms with van der Waals surface area (Å²) >= 11 is 0. The van der Waals surface area contributed by atoms with Gasteiger partial charge in [-0.3, -0.25) is 0 Å². The van der Waals surface area contributed by atoms with Gasteiger partial charge in [-0.1, -0.05) is 272 Å². The van der Waals surface area contributed by atoms with Crippen molar-refractivity contribution in [3.05, 3.63) is 312 Å². The molecule has 0 spiro atoms. The molecule has 6 radical (unpaired) electrons. The van der Waals surface area contributed by atoms with Crippen molar-refractivity contribution >= 4 is 21.5 Å². The van der Waals surface area contributed by atoms with Crippen molar-refractivity contribution in [1.82, 2.24) is 0 Å². The Bertz CT molecular complexity index is 3070. The van der Waals surface area contributed by atoms with E-state index >= 15 is 0 Å². The molecule has 0 amide bonds. The summed E-state index contributed by atoms with van der Waals surface area (Å²) in [6.07, 6.45) is 0. The zero-order chi connectivity index (χ0) is 65.8. The van der Waals surface area contributed by atoms with Gasteiger partial charge in [-0.2, -0.15) is 133 Å². The molecule has 0 saturated carbocycles. The second-order valence-electron chi connectivity index (χ2n) is 16.4. The van der Waals surface area contributed by atoms with Gasteiger partial charge in [-0.15, -0.1) is 47.0 Å². The van der Waals surface area contributed by atoms with Crippen molar-refractivity contribution in [3.63, 3.8) is 0 Å². The van der Waals surface area contributed by atoms with Gasteiger partial charge < -0.3 is 0 Å². The number of fused-ring (bicyclic) bond motifs is 2. The minimum atomic E-state index is 0. The maximum atomic E-state index is 3.29. The quantitative estimate of drug-likeness (QED) is 0.155. The van der Waals surface area contributed by atoms with E-state index in [1.165, 1.54) is 49.4 Å². The van der Waals surface area contributed by atoms with Crippen LogP contribution in [0.1, 0.15) is 158 Å². The molecule has 0 fully saturated rings. The molecule has 0 nitrogen and oxygen atoms in total. The molecule has 6 heteroatoms. The molecular weight excluding hydrogens is 1570 g/mol. The average molecular weight is 1680 g/mol. The third-order valence-corrected chi connectivity index (χ3v) is 10.7. The fraction of sp³-hybridized carbons (Fsp3) is 0.279. The molecule has 0 atom stereocenters. The summed E-state index contributed by atoms with van der Waals surface area (Å²) in [4.78, 5) is 0. The Hall–Kier alpha value is -1.44. The topological polar surface area (TPSA) is 0 Å². The molecule has 92 heavy (non-hydrogen) atoms. The molecule has 11 rings (SSSR count). The Morgan fingerprint density at radius 3 is 1.01 bits per heavy atom. The minimum absolute atomic E-state index is 0. The Morgan fingerprint density at radius 1 is 0.217 bits per heavy atom. The Balaban J connectivity index is -0.000000104. The van der Waals surface area contributed by atoms with Crippen LogP contribution in [0.5, 0.6) is 0 Å². The monoisotopic (exact) mass is 1680 g/mol. The molecule has 11 aromatic rings. The van der Waals surface area contributed by atoms with E-state index in [2.05, 4.69) is 192 Å². The van der Waals surface area contributed by atoms with Crippen LogP contribution >= 0.6 is 0 Å². The molecule has 480 valence electrons. The predicted molar refractivity (Wildman–Crippen MR) is 394 cm³/mol. The fourth-order valence-corrected chi connectivity index (χ4v) is 7.06. The van der Waals surface area contributed by atoms with Gasteiger partial charge in [-0.05, 0) is 47.9 Å². The van der Waals surface area contributed by atoms with E-state index in [0.717, 1.165) is 38.9 Å². The van der Waals surface area contributed by atoms with Crippen molar-refractivity contribution in [2.45, 2.75) is 166 Å². The Kier molecular flexibility index (Phi) is 99.7. The average Bonchev–Trinajstić information content (AvgIpc) is 1.81. The first kappa shape index (κ1) is 112. The largest absolute Gasteiger partial charge is 0.226 e. The van der Waals surface area contributed by atoms with E-state index in [1.54, 1.807) is 0 Å². The minimum Gasteiger partial charge on any atom is -0.226 e. The van der Waals surface area contributed by atoms with Crippen molar-refractivity contribution in [2.24, 2.45) is 0 Å². The molecule has 11 aromatic carbocycles. The van der Waals surface area contributed by atoms with E-state index in [-0.39, 0.29) is 196 Å². The van der Waals surface area contributed by atoms with E-state index in [4.69, 9.17) is 0 Å². The molecule has 0 aromatic heterocycles. The van der Waals surface area contributed by atoms with Gasteiger partial charge in [0.1, 0.15) is 0 Å². The van der Waals surface area contributed by atoms with Crippen LogP contribution in [0.25, 0.3) is 54.9 Å². The maximum Gasteiger partial charge on any atom is 0 e. The summed E-state index contributed by atoms with van der Waals surface area (Å²) in [7, 11) is 0. The SMILES string of the molecule is CC.CC.CC.CC.CC.CC.CC.CC.CC.Cc1[c-]c(-c2[c-]cccc2)ccc1.Cc1c[c-]c(-c2[c-]cccc2)cc1.Cc1cc[c-]c(-c2[c-]cccc2)c1.Cc1ccc2ccccc2c1.Cc1cccc2ccccc12.Cc1ccccc1.[Y].[Y].[Y].[Y].[Y].[Y]. The Labute approximate surface area is 718 Å². The van der Waals surface area contributed by atoms with Crippen LogP contribution in [-0.2, 0) is 196 Å². The predicted octanol–water partition coefficient (Wildman–Crippen LogP) is 27.3. The van der Waals surface area contributed by atoms with Crippen LogP contribution < -0.4 is 0 Å². The standard InChI is InChI=1S/3C13H10.2C11H10.C7H8.9C2H6.6Y/c2*1-11-6-5-9-13(10-11)12-7-3-2-4-8-12;1-11-7-9-13(10-8-11)12-5-3-2-4-6-12;1-9-5-4-7-10-6-2-3-8-11(9)10;1-9-6-7-10-4-2-3-5-11(10)8-9;1-7-5-3-2-4-6-7;9*1-2;;;;;;/h2-7,10H,1H3;2-7,9H,1H3;2-5,7-9H,1H3;2*2-8H,1H3;2-6H,1H3;9*1-2H3;;;;;;/q3*-2;;;;;;;;;;;;;;;;;;. The van der Waals surface area contributed by atoms with Crippen LogP contribution in [0, 0.1) is 77.9 Å². The number of rotatable bonds is 3. The van der Waals surface area contributed by atoms with E-state index in [0.29, 0.717) is 0 Å². The first-order valence-corrected chi connectivity index (χ1v) is 32.0. The second kappa shape index (κ2) is 82.0. The number of benzene rings is 11. The molecule has 0 aliphatic heterocycles. The zero-order valence-electron chi connectivity index (χ0n) is 61.6. The maximum absolute atomic E-state index is 3.29.